The first-order valence-corrected chi connectivity index (χ1v) is 7.67. The van der Waals surface area contributed by atoms with E-state index >= 15 is 0 Å². The van der Waals surface area contributed by atoms with Crippen molar-refractivity contribution in [3.05, 3.63) is 70.0 Å². The summed E-state index contributed by atoms with van der Waals surface area (Å²) in [5, 5.41) is 11.9. The Kier molecular flexibility index (Phi) is 4.57. The van der Waals surface area contributed by atoms with Gasteiger partial charge in [-0.2, -0.15) is 0 Å². The number of carbonyl (C=O) groups excluding carboxylic acids is 1. The van der Waals surface area contributed by atoms with Gasteiger partial charge in [0, 0.05) is 5.56 Å². The standard InChI is InChI=1S/C18H16F3NO2/c19-14-7-13(8-15(20)17(14)21)16(9-23)22-18(24)12-5-4-10-2-1-3-11(10)6-12/h4-8,16,23H,1-3,9H2,(H,22,24). The summed E-state index contributed by atoms with van der Waals surface area (Å²) in [5.74, 6) is -4.78. The Labute approximate surface area is 137 Å². The third-order valence-electron chi connectivity index (χ3n) is 4.26. The molecule has 0 aliphatic heterocycles. The lowest BCUT2D eigenvalue weighted by molar-refractivity contribution is 0.0915. The molecule has 1 amide bonds. The molecule has 126 valence electrons. The number of rotatable bonds is 4. The van der Waals surface area contributed by atoms with Crippen LogP contribution in [0.5, 0.6) is 0 Å². The molecule has 24 heavy (non-hydrogen) atoms. The van der Waals surface area contributed by atoms with E-state index in [0.717, 1.165) is 37.0 Å². The van der Waals surface area contributed by atoms with Gasteiger partial charge in [-0.25, -0.2) is 13.2 Å². The molecule has 0 radical (unpaired) electrons. The van der Waals surface area contributed by atoms with Crippen molar-refractivity contribution < 1.29 is 23.1 Å². The number of carbonyl (C=O) groups is 1. The summed E-state index contributed by atoms with van der Waals surface area (Å²) >= 11 is 0. The molecule has 2 aromatic rings. The molecule has 0 heterocycles. The molecule has 0 fully saturated rings. The molecule has 0 saturated heterocycles. The van der Waals surface area contributed by atoms with Crippen LogP contribution >= 0.6 is 0 Å². The van der Waals surface area contributed by atoms with Crippen LogP contribution in [0, 0.1) is 17.5 Å². The summed E-state index contributed by atoms with van der Waals surface area (Å²) in [7, 11) is 0. The van der Waals surface area contributed by atoms with Crippen molar-refractivity contribution in [3.8, 4) is 0 Å². The Morgan fingerprint density at radius 3 is 2.42 bits per heavy atom. The van der Waals surface area contributed by atoms with Gasteiger partial charge < -0.3 is 10.4 Å². The van der Waals surface area contributed by atoms with Gasteiger partial charge in [0.2, 0.25) is 0 Å². The van der Waals surface area contributed by atoms with Crippen LogP contribution < -0.4 is 5.32 Å². The van der Waals surface area contributed by atoms with Crippen LogP contribution in [-0.4, -0.2) is 17.6 Å². The van der Waals surface area contributed by atoms with Gasteiger partial charge >= 0.3 is 0 Å². The van der Waals surface area contributed by atoms with Gasteiger partial charge in [-0.1, -0.05) is 6.07 Å². The van der Waals surface area contributed by atoms with Gasteiger partial charge in [0.05, 0.1) is 12.6 Å². The number of benzene rings is 2. The van der Waals surface area contributed by atoms with Crippen molar-refractivity contribution in [2.75, 3.05) is 6.61 Å². The van der Waals surface area contributed by atoms with Crippen LogP contribution in [0.1, 0.15) is 39.5 Å². The summed E-state index contributed by atoms with van der Waals surface area (Å²) in [6.07, 6.45) is 2.95. The second-order valence-electron chi connectivity index (χ2n) is 5.84. The third kappa shape index (κ3) is 3.14. The van der Waals surface area contributed by atoms with Crippen molar-refractivity contribution in [1.82, 2.24) is 5.32 Å². The van der Waals surface area contributed by atoms with E-state index < -0.39 is 36.0 Å². The van der Waals surface area contributed by atoms with E-state index in [1.165, 1.54) is 5.56 Å². The molecular formula is C18H16F3NO2. The first kappa shape index (κ1) is 16.5. The summed E-state index contributed by atoms with van der Waals surface area (Å²) in [6, 6.07) is 5.86. The zero-order chi connectivity index (χ0) is 17.3. The van der Waals surface area contributed by atoms with Gasteiger partial charge in [0.1, 0.15) is 0 Å². The van der Waals surface area contributed by atoms with Crippen LogP contribution in [0.25, 0.3) is 0 Å². The number of hydrogen-bond acceptors (Lipinski definition) is 2. The molecule has 2 aromatic carbocycles. The number of nitrogens with one attached hydrogen (secondary N) is 1. The maximum Gasteiger partial charge on any atom is 0.251 e. The number of amides is 1. The van der Waals surface area contributed by atoms with E-state index in [1.807, 2.05) is 6.07 Å². The van der Waals surface area contributed by atoms with Crippen molar-refractivity contribution in [3.63, 3.8) is 0 Å². The van der Waals surface area contributed by atoms with E-state index in [9.17, 15) is 23.1 Å². The lowest BCUT2D eigenvalue weighted by Crippen LogP contribution is -2.31. The minimum absolute atomic E-state index is 0.0385. The van der Waals surface area contributed by atoms with Crippen LogP contribution in [0.4, 0.5) is 13.2 Å². The van der Waals surface area contributed by atoms with Gasteiger partial charge in [-0.05, 0) is 60.2 Å². The predicted octanol–water partition coefficient (Wildman–Crippen LogP) is 3.06. The predicted molar refractivity (Wildman–Crippen MR) is 82.1 cm³/mol. The summed E-state index contributed by atoms with van der Waals surface area (Å²) in [6.45, 7) is -0.568. The number of aliphatic hydroxyl groups is 1. The molecular weight excluding hydrogens is 319 g/mol. The Morgan fingerprint density at radius 1 is 1.08 bits per heavy atom. The SMILES string of the molecule is O=C(NC(CO)c1cc(F)c(F)c(F)c1)c1ccc2c(c1)CCC2. The Hall–Kier alpha value is -2.34. The topological polar surface area (TPSA) is 49.3 Å². The molecule has 2 N–H and O–H groups in total. The smallest absolute Gasteiger partial charge is 0.251 e. The minimum Gasteiger partial charge on any atom is -0.394 e. The normalized spacial score (nSPS) is 14.3. The summed E-state index contributed by atoms with van der Waals surface area (Å²) in [5.41, 5.74) is 2.70. The largest absolute Gasteiger partial charge is 0.394 e. The Balaban J connectivity index is 1.81. The molecule has 1 atom stereocenters. The lowest BCUT2D eigenvalue weighted by atomic mass is 10.0. The molecule has 0 spiro atoms. The number of fused-ring (bicyclic) bond motifs is 1. The average Bonchev–Trinajstić information content (AvgIpc) is 3.04. The van der Waals surface area contributed by atoms with Crippen LogP contribution in [0.15, 0.2) is 30.3 Å². The van der Waals surface area contributed by atoms with Crippen molar-refractivity contribution in [2.24, 2.45) is 0 Å². The van der Waals surface area contributed by atoms with E-state index in [1.54, 1.807) is 12.1 Å². The first-order chi connectivity index (χ1) is 11.5. The molecule has 1 unspecified atom stereocenters. The molecule has 0 bridgehead atoms. The molecule has 1 aliphatic carbocycles. The van der Waals surface area contributed by atoms with Gasteiger partial charge in [0.25, 0.3) is 5.91 Å². The molecule has 3 nitrogen and oxygen atoms in total. The highest BCUT2D eigenvalue weighted by Gasteiger charge is 2.20. The highest BCUT2D eigenvalue weighted by atomic mass is 19.2. The van der Waals surface area contributed by atoms with Crippen LogP contribution in [0.2, 0.25) is 0 Å². The average molecular weight is 335 g/mol. The lowest BCUT2D eigenvalue weighted by Gasteiger charge is -2.17. The Bertz CT molecular complexity index is 769. The minimum atomic E-state index is -1.58. The maximum atomic E-state index is 13.3. The molecule has 0 aromatic heterocycles. The Morgan fingerprint density at radius 2 is 1.75 bits per heavy atom. The van der Waals surface area contributed by atoms with Crippen LogP contribution in [0.3, 0.4) is 0 Å². The van der Waals surface area contributed by atoms with Gasteiger partial charge in [0.15, 0.2) is 17.5 Å². The number of aliphatic hydroxyl groups excluding tert-OH is 1. The highest BCUT2D eigenvalue weighted by molar-refractivity contribution is 5.94. The van der Waals surface area contributed by atoms with Crippen molar-refractivity contribution in [2.45, 2.75) is 25.3 Å². The second kappa shape index (κ2) is 6.65. The molecule has 6 heteroatoms. The fourth-order valence-electron chi connectivity index (χ4n) is 2.97. The molecule has 0 saturated carbocycles. The van der Waals surface area contributed by atoms with Crippen molar-refractivity contribution >= 4 is 5.91 Å². The maximum absolute atomic E-state index is 13.3. The fraction of sp³-hybridized carbons (Fsp3) is 0.278. The van der Waals surface area contributed by atoms with E-state index in [4.69, 9.17) is 0 Å². The van der Waals surface area contributed by atoms with Gasteiger partial charge in [-0.15, -0.1) is 0 Å². The monoisotopic (exact) mass is 335 g/mol. The number of hydrogen-bond donors (Lipinski definition) is 2. The zero-order valence-electron chi connectivity index (χ0n) is 12.8. The quantitative estimate of drug-likeness (QED) is 0.844. The summed E-state index contributed by atoms with van der Waals surface area (Å²) < 4.78 is 39.7. The highest BCUT2D eigenvalue weighted by Crippen LogP contribution is 2.24. The first-order valence-electron chi connectivity index (χ1n) is 7.67. The number of aryl methyl sites for hydroxylation is 2. The third-order valence-corrected chi connectivity index (χ3v) is 4.26. The second-order valence-corrected chi connectivity index (χ2v) is 5.84. The van der Waals surface area contributed by atoms with Crippen molar-refractivity contribution in [1.29, 1.82) is 0 Å². The zero-order valence-corrected chi connectivity index (χ0v) is 12.8. The van der Waals surface area contributed by atoms with E-state index in [-0.39, 0.29) is 5.56 Å². The molecule has 1 aliphatic rings. The number of halogens is 3. The fourth-order valence-corrected chi connectivity index (χ4v) is 2.97. The van der Waals surface area contributed by atoms with Gasteiger partial charge in [-0.3, -0.25) is 4.79 Å². The molecule has 3 rings (SSSR count). The van der Waals surface area contributed by atoms with E-state index in [0.29, 0.717) is 5.56 Å². The van der Waals surface area contributed by atoms with Crippen LogP contribution in [-0.2, 0) is 12.8 Å². The summed E-state index contributed by atoms with van der Waals surface area (Å²) in [4.78, 5) is 12.3. The van der Waals surface area contributed by atoms with E-state index in [2.05, 4.69) is 5.32 Å².